The standard InChI is InChI=1S/C15H17ClN2O/c1-11-9-14(17)13(16)10-15(11)18-7-8-19-12-5-3-2-4-6-12/h2-6,9-10,18H,7-8,17H2,1H3. The van der Waals surface area contributed by atoms with Gasteiger partial charge in [0.15, 0.2) is 0 Å². The van der Waals surface area contributed by atoms with Gasteiger partial charge in [-0.05, 0) is 36.8 Å². The van der Waals surface area contributed by atoms with Gasteiger partial charge in [-0.1, -0.05) is 29.8 Å². The molecule has 4 heteroatoms. The summed E-state index contributed by atoms with van der Waals surface area (Å²) in [5.41, 5.74) is 8.39. The predicted octanol–water partition coefficient (Wildman–Crippen LogP) is 3.72. The van der Waals surface area contributed by atoms with Crippen molar-refractivity contribution in [3.8, 4) is 5.75 Å². The summed E-state index contributed by atoms with van der Waals surface area (Å²) >= 11 is 6.00. The number of halogens is 1. The number of nitrogens with two attached hydrogens (primary N) is 1. The molecule has 0 radical (unpaired) electrons. The molecular formula is C15H17ClN2O. The lowest BCUT2D eigenvalue weighted by molar-refractivity contribution is 0.333. The molecule has 0 saturated heterocycles. The fourth-order valence-electron chi connectivity index (χ4n) is 1.77. The van der Waals surface area contributed by atoms with Crippen molar-refractivity contribution in [3.05, 3.63) is 53.1 Å². The molecule has 0 spiro atoms. The van der Waals surface area contributed by atoms with Gasteiger partial charge in [0.2, 0.25) is 0 Å². The first kappa shape index (κ1) is 13.6. The second-order valence-corrected chi connectivity index (χ2v) is 4.68. The zero-order valence-electron chi connectivity index (χ0n) is 10.8. The fourth-order valence-corrected chi connectivity index (χ4v) is 1.93. The number of benzene rings is 2. The Balaban J connectivity index is 1.85. The van der Waals surface area contributed by atoms with Crippen LogP contribution in [0.3, 0.4) is 0 Å². The van der Waals surface area contributed by atoms with Crippen LogP contribution in [-0.2, 0) is 0 Å². The summed E-state index contributed by atoms with van der Waals surface area (Å²) in [6.45, 7) is 3.29. The number of aryl methyl sites for hydroxylation is 1. The average molecular weight is 277 g/mol. The highest BCUT2D eigenvalue weighted by molar-refractivity contribution is 6.33. The van der Waals surface area contributed by atoms with E-state index in [0.29, 0.717) is 23.9 Å². The molecule has 0 atom stereocenters. The van der Waals surface area contributed by atoms with Crippen LogP contribution in [0.15, 0.2) is 42.5 Å². The van der Waals surface area contributed by atoms with Crippen LogP contribution >= 0.6 is 11.6 Å². The summed E-state index contributed by atoms with van der Waals surface area (Å²) in [5, 5.41) is 3.85. The molecule has 0 heterocycles. The molecule has 0 bridgehead atoms. The molecule has 0 unspecified atom stereocenters. The van der Waals surface area contributed by atoms with Crippen molar-refractivity contribution in [1.82, 2.24) is 0 Å². The Morgan fingerprint density at radius 1 is 1.21 bits per heavy atom. The van der Waals surface area contributed by atoms with Gasteiger partial charge < -0.3 is 15.8 Å². The third-order valence-corrected chi connectivity index (χ3v) is 3.10. The van der Waals surface area contributed by atoms with Crippen LogP contribution in [0, 0.1) is 6.92 Å². The van der Waals surface area contributed by atoms with E-state index < -0.39 is 0 Å². The molecule has 2 aromatic rings. The third-order valence-electron chi connectivity index (χ3n) is 2.77. The van der Waals surface area contributed by atoms with Crippen molar-refractivity contribution in [2.75, 3.05) is 24.2 Å². The predicted molar refractivity (Wildman–Crippen MR) is 81.0 cm³/mol. The zero-order chi connectivity index (χ0) is 13.7. The Labute approximate surface area is 118 Å². The quantitative estimate of drug-likeness (QED) is 0.646. The smallest absolute Gasteiger partial charge is 0.119 e. The van der Waals surface area contributed by atoms with E-state index in [-0.39, 0.29) is 0 Å². The van der Waals surface area contributed by atoms with Crippen molar-refractivity contribution in [1.29, 1.82) is 0 Å². The molecule has 0 saturated carbocycles. The molecule has 0 aliphatic heterocycles. The minimum Gasteiger partial charge on any atom is -0.492 e. The SMILES string of the molecule is Cc1cc(N)c(Cl)cc1NCCOc1ccccc1. The number of nitrogen functional groups attached to an aromatic ring is 1. The Bertz CT molecular complexity index is 543. The van der Waals surface area contributed by atoms with Gasteiger partial charge in [-0.15, -0.1) is 0 Å². The van der Waals surface area contributed by atoms with Crippen LogP contribution in [0.1, 0.15) is 5.56 Å². The summed E-state index contributed by atoms with van der Waals surface area (Å²) in [5.74, 6) is 0.872. The van der Waals surface area contributed by atoms with Gasteiger partial charge in [0.25, 0.3) is 0 Å². The van der Waals surface area contributed by atoms with Crippen LogP contribution in [0.4, 0.5) is 11.4 Å². The summed E-state index contributed by atoms with van der Waals surface area (Å²) < 4.78 is 5.60. The Morgan fingerprint density at radius 2 is 1.95 bits per heavy atom. The van der Waals surface area contributed by atoms with E-state index in [1.165, 1.54) is 0 Å². The second kappa shape index (κ2) is 6.34. The number of para-hydroxylation sites is 1. The topological polar surface area (TPSA) is 47.3 Å². The minimum atomic E-state index is 0.567. The first-order chi connectivity index (χ1) is 9.16. The van der Waals surface area contributed by atoms with E-state index in [1.54, 1.807) is 0 Å². The number of ether oxygens (including phenoxy) is 1. The van der Waals surface area contributed by atoms with Gasteiger partial charge in [0, 0.05) is 12.2 Å². The van der Waals surface area contributed by atoms with E-state index in [0.717, 1.165) is 17.0 Å². The van der Waals surface area contributed by atoms with Crippen molar-refractivity contribution in [2.24, 2.45) is 0 Å². The molecule has 0 fully saturated rings. The molecule has 3 nitrogen and oxygen atoms in total. The Hall–Kier alpha value is -1.87. The van der Waals surface area contributed by atoms with Crippen LogP contribution < -0.4 is 15.8 Å². The molecule has 0 amide bonds. The summed E-state index contributed by atoms with van der Waals surface area (Å²) in [7, 11) is 0. The zero-order valence-corrected chi connectivity index (χ0v) is 11.6. The lowest BCUT2D eigenvalue weighted by atomic mass is 10.2. The van der Waals surface area contributed by atoms with Gasteiger partial charge in [-0.3, -0.25) is 0 Å². The van der Waals surface area contributed by atoms with Crippen LogP contribution in [0.5, 0.6) is 5.75 Å². The molecular weight excluding hydrogens is 260 g/mol. The van der Waals surface area contributed by atoms with Gasteiger partial charge >= 0.3 is 0 Å². The summed E-state index contributed by atoms with van der Waals surface area (Å²) in [6, 6.07) is 13.4. The number of rotatable bonds is 5. The van der Waals surface area contributed by atoms with E-state index in [2.05, 4.69) is 5.32 Å². The minimum absolute atomic E-state index is 0.567. The number of hydrogen-bond acceptors (Lipinski definition) is 3. The molecule has 2 rings (SSSR count). The van der Waals surface area contributed by atoms with E-state index >= 15 is 0 Å². The summed E-state index contributed by atoms with van der Waals surface area (Å²) in [4.78, 5) is 0. The van der Waals surface area contributed by atoms with Crippen molar-refractivity contribution in [2.45, 2.75) is 6.92 Å². The van der Waals surface area contributed by atoms with Gasteiger partial charge in [-0.25, -0.2) is 0 Å². The largest absolute Gasteiger partial charge is 0.492 e. The first-order valence-corrected chi connectivity index (χ1v) is 6.52. The molecule has 100 valence electrons. The molecule has 2 aromatic carbocycles. The lowest BCUT2D eigenvalue weighted by Crippen LogP contribution is -2.12. The highest BCUT2D eigenvalue weighted by atomic mass is 35.5. The number of hydrogen-bond donors (Lipinski definition) is 2. The molecule has 0 aliphatic rings. The monoisotopic (exact) mass is 276 g/mol. The van der Waals surface area contributed by atoms with Gasteiger partial charge in [-0.2, -0.15) is 0 Å². The van der Waals surface area contributed by atoms with Crippen molar-refractivity contribution in [3.63, 3.8) is 0 Å². The average Bonchev–Trinajstić information content (AvgIpc) is 2.41. The lowest BCUT2D eigenvalue weighted by Gasteiger charge is -2.12. The van der Waals surface area contributed by atoms with Gasteiger partial charge in [0.05, 0.1) is 10.7 Å². The highest BCUT2D eigenvalue weighted by Crippen LogP contribution is 2.26. The summed E-state index contributed by atoms with van der Waals surface area (Å²) in [6.07, 6.45) is 0. The highest BCUT2D eigenvalue weighted by Gasteiger charge is 2.03. The van der Waals surface area contributed by atoms with Gasteiger partial charge in [0.1, 0.15) is 12.4 Å². The molecule has 3 N–H and O–H groups in total. The van der Waals surface area contributed by atoms with E-state index in [4.69, 9.17) is 22.1 Å². The third kappa shape index (κ3) is 3.80. The van der Waals surface area contributed by atoms with Crippen LogP contribution in [0.2, 0.25) is 5.02 Å². The Kier molecular flexibility index (Phi) is 4.53. The fraction of sp³-hybridized carbons (Fsp3) is 0.200. The maximum atomic E-state index is 6.00. The normalized spacial score (nSPS) is 10.2. The van der Waals surface area contributed by atoms with Crippen molar-refractivity contribution < 1.29 is 4.74 Å². The first-order valence-electron chi connectivity index (χ1n) is 6.14. The Morgan fingerprint density at radius 3 is 2.68 bits per heavy atom. The molecule has 0 aliphatic carbocycles. The number of anilines is 2. The van der Waals surface area contributed by atoms with Crippen molar-refractivity contribution >= 4 is 23.0 Å². The van der Waals surface area contributed by atoms with E-state index in [1.807, 2.05) is 49.4 Å². The second-order valence-electron chi connectivity index (χ2n) is 4.28. The van der Waals surface area contributed by atoms with Crippen LogP contribution in [-0.4, -0.2) is 13.2 Å². The maximum Gasteiger partial charge on any atom is 0.119 e. The number of nitrogens with one attached hydrogen (secondary N) is 1. The molecule has 19 heavy (non-hydrogen) atoms. The molecule has 0 aromatic heterocycles. The van der Waals surface area contributed by atoms with Crippen LogP contribution in [0.25, 0.3) is 0 Å². The van der Waals surface area contributed by atoms with E-state index in [9.17, 15) is 0 Å². The maximum absolute atomic E-state index is 6.00.